The number of rotatable bonds is 2. The molecule has 2 rings (SSSR count). The van der Waals surface area contributed by atoms with Crippen molar-refractivity contribution in [1.82, 2.24) is 10.2 Å². The summed E-state index contributed by atoms with van der Waals surface area (Å²) < 4.78 is 5.07. The summed E-state index contributed by atoms with van der Waals surface area (Å²) in [5.74, 6) is 0.164. The lowest BCUT2D eigenvalue weighted by Gasteiger charge is -1.96. The van der Waals surface area contributed by atoms with Gasteiger partial charge in [0.25, 0.3) is 10.5 Å². The Morgan fingerprint density at radius 1 is 1.38 bits per heavy atom. The average molecular weight is 304 g/mol. The van der Waals surface area contributed by atoms with Crippen LogP contribution in [0.15, 0.2) is 27.4 Å². The first-order valence-corrected chi connectivity index (χ1v) is 5.18. The fourth-order valence-electron chi connectivity index (χ4n) is 1.13. The molecule has 0 fully saturated rings. The van der Waals surface area contributed by atoms with E-state index in [1.807, 2.05) is 0 Å². The van der Waals surface area contributed by atoms with E-state index in [1.165, 1.54) is 18.2 Å². The number of hydrogen-bond donors (Lipinski definition) is 0. The molecule has 16 heavy (non-hydrogen) atoms. The molecule has 0 aliphatic carbocycles. The molecule has 82 valence electrons. The molecule has 0 aliphatic rings. The van der Waals surface area contributed by atoms with Crippen molar-refractivity contribution in [1.29, 1.82) is 0 Å². The van der Waals surface area contributed by atoms with Crippen molar-refractivity contribution in [2.75, 3.05) is 0 Å². The van der Waals surface area contributed by atoms with Gasteiger partial charge in [0.05, 0.1) is 4.92 Å². The van der Waals surface area contributed by atoms with Gasteiger partial charge in [0.1, 0.15) is 0 Å². The summed E-state index contributed by atoms with van der Waals surface area (Å²) in [6.45, 7) is 0. The van der Waals surface area contributed by atoms with Crippen molar-refractivity contribution in [2.45, 2.75) is 0 Å². The second kappa shape index (κ2) is 4.18. The van der Waals surface area contributed by atoms with Crippen LogP contribution in [0, 0.1) is 10.1 Å². The Morgan fingerprint density at radius 3 is 2.69 bits per heavy atom. The monoisotopic (exact) mass is 303 g/mol. The van der Waals surface area contributed by atoms with E-state index in [0.29, 0.717) is 5.56 Å². The van der Waals surface area contributed by atoms with Crippen LogP contribution in [-0.4, -0.2) is 15.1 Å². The molecule has 1 aromatic heterocycles. The number of nitro groups is 1. The lowest BCUT2D eigenvalue weighted by molar-refractivity contribution is -0.384. The van der Waals surface area contributed by atoms with Gasteiger partial charge in [-0.25, -0.2) is 0 Å². The van der Waals surface area contributed by atoms with Crippen molar-refractivity contribution in [2.24, 2.45) is 0 Å². The van der Waals surface area contributed by atoms with Crippen LogP contribution >= 0.6 is 27.5 Å². The molecule has 0 bridgehead atoms. The summed E-state index contributed by atoms with van der Waals surface area (Å²) in [6.07, 6.45) is 0. The van der Waals surface area contributed by atoms with Gasteiger partial charge in [-0.1, -0.05) is 11.6 Å². The van der Waals surface area contributed by atoms with Gasteiger partial charge in [0, 0.05) is 38.6 Å². The minimum atomic E-state index is -0.541. The van der Waals surface area contributed by atoms with Crippen LogP contribution in [0.2, 0.25) is 5.02 Å². The number of nitro benzene ring substituents is 1. The van der Waals surface area contributed by atoms with Crippen LogP contribution in [0.5, 0.6) is 0 Å². The zero-order valence-corrected chi connectivity index (χ0v) is 9.90. The minimum Gasteiger partial charge on any atom is -0.411 e. The Balaban J connectivity index is 2.53. The average Bonchev–Trinajstić information content (AvgIpc) is 2.64. The van der Waals surface area contributed by atoms with Crippen molar-refractivity contribution in [3.8, 4) is 11.5 Å². The highest BCUT2D eigenvalue weighted by atomic mass is 79.9. The second-order valence-electron chi connectivity index (χ2n) is 2.82. The van der Waals surface area contributed by atoms with Crippen LogP contribution in [0.3, 0.4) is 0 Å². The zero-order chi connectivity index (χ0) is 11.7. The SMILES string of the molecule is O=[N+]([O-])c1cc(Cl)cc(-c2nnc(Br)o2)c1. The second-order valence-corrected chi connectivity index (χ2v) is 3.93. The maximum atomic E-state index is 10.6. The van der Waals surface area contributed by atoms with Gasteiger partial charge in [-0.15, -0.1) is 10.2 Å². The third-order valence-electron chi connectivity index (χ3n) is 1.74. The molecule has 0 saturated heterocycles. The first-order chi connectivity index (χ1) is 7.56. The molecule has 0 unspecified atom stereocenters. The molecule has 0 radical (unpaired) electrons. The molecule has 0 amide bonds. The zero-order valence-electron chi connectivity index (χ0n) is 7.55. The quantitative estimate of drug-likeness (QED) is 0.629. The summed E-state index contributed by atoms with van der Waals surface area (Å²) in [6, 6.07) is 4.07. The van der Waals surface area contributed by atoms with E-state index in [4.69, 9.17) is 16.0 Å². The molecular weight excluding hydrogens is 301 g/mol. The summed E-state index contributed by atoms with van der Waals surface area (Å²) in [7, 11) is 0. The molecule has 2 aromatic rings. The van der Waals surface area contributed by atoms with Gasteiger partial charge >= 0.3 is 0 Å². The Kier molecular flexibility index (Phi) is 2.88. The Morgan fingerprint density at radius 2 is 2.12 bits per heavy atom. The van der Waals surface area contributed by atoms with Crippen LogP contribution in [0.25, 0.3) is 11.5 Å². The van der Waals surface area contributed by atoms with E-state index in [2.05, 4.69) is 26.1 Å². The standard InChI is InChI=1S/C8H3BrClN3O3/c9-8-12-11-7(16-8)4-1-5(10)3-6(2-4)13(14)15/h1-3H. The van der Waals surface area contributed by atoms with E-state index in [-0.39, 0.29) is 21.4 Å². The molecule has 1 aromatic carbocycles. The van der Waals surface area contributed by atoms with Crippen LogP contribution in [0.1, 0.15) is 0 Å². The largest absolute Gasteiger partial charge is 0.411 e. The summed E-state index contributed by atoms with van der Waals surface area (Å²) in [5.41, 5.74) is 0.272. The van der Waals surface area contributed by atoms with E-state index >= 15 is 0 Å². The normalized spacial score (nSPS) is 10.4. The minimum absolute atomic E-state index is 0.128. The number of halogens is 2. The number of hydrogen-bond acceptors (Lipinski definition) is 5. The maximum Gasteiger partial charge on any atom is 0.285 e. The van der Waals surface area contributed by atoms with Crippen molar-refractivity contribution in [3.63, 3.8) is 0 Å². The smallest absolute Gasteiger partial charge is 0.285 e. The number of non-ortho nitro benzene ring substituents is 1. The summed E-state index contributed by atoms with van der Waals surface area (Å²) >= 11 is 8.73. The number of nitrogens with zero attached hydrogens (tertiary/aromatic N) is 3. The van der Waals surface area contributed by atoms with Crippen LogP contribution in [-0.2, 0) is 0 Å². The molecule has 6 nitrogen and oxygen atoms in total. The highest BCUT2D eigenvalue weighted by Crippen LogP contribution is 2.28. The van der Waals surface area contributed by atoms with E-state index in [1.54, 1.807) is 0 Å². The molecule has 0 atom stereocenters. The predicted octanol–water partition coefficient (Wildman–Crippen LogP) is 3.06. The van der Waals surface area contributed by atoms with Crippen LogP contribution < -0.4 is 0 Å². The van der Waals surface area contributed by atoms with Crippen molar-refractivity contribution in [3.05, 3.63) is 38.1 Å². The fraction of sp³-hybridized carbons (Fsp3) is 0. The first kappa shape index (κ1) is 11.0. The van der Waals surface area contributed by atoms with E-state index in [9.17, 15) is 10.1 Å². The number of aromatic nitrogens is 2. The van der Waals surface area contributed by atoms with Gasteiger partial charge in [-0.3, -0.25) is 10.1 Å². The highest BCUT2D eigenvalue weighted by molar-refractivity contribution is 9.10. The lowest BCUT2D eigenvalue weighted by Crippen LogP contribution is -1.89. The predicted molar refractivity (Wildman–Crippen MR) is 59.1 cm³/mol. The summed E-state index contributed by atoms with van der Waals surface area (Å²) in [5, 5.41) is 18.1. The van der Waals surface area contributed by atoms with Gasteiger partial charge < -0.3 is 4.42 Å². The van der Waals surface area contributed by atoms with Gasteiger partial charge in [0.15, 0.2) is 0 Å². The Hall–Kier alpha value is -1.47. The van der Waals surface area contributed by atoms with Gasteiger partial charge in [0.2, 0.25) is 5.89 Å². The topological polar surface area (TPSA) is 82.1 Å². The Labute approximate surface area is 103 Å². The van der Waals surface area contributed by atoms with Crippen molar-refractivity contribution >= 4 is 33.2 Å². The van der Waals surface area contributed by atoms with E-state index < -0.39 is 4.92 Å². The molecule has 8 heteroatoms. The maximum absolute atomic E-state index is 10.6. The summed E-state index contributed by atoms with van der Waals surface area (Å²) in [4.78, 5) is 10.3. The van der Waals surface area contributed by atoms with Crippen molar-refractivity contribution < 1.29 is 9.34 Å². The van der Waals surface area contributed by atoms with Crippen LogP contribution in [0.4, 0.5) is 5.69 Å². The van der Waals surface area contributed by atoms with Gasteiger partial charge in [-0.2, -0.15) is 0 Å². The first-order valence-electron chi connectivity index (χ1n) is 4.00. The molecule has 0 N–H and O–H groups in total. The highest BCUT2D eigenvalue weighted by Gasteiger charge is 2.13. The third-order valence-corrected chi connectivity index (χ3v) is 2.28. The molecule has 0 saturated carbocycles. The fourth-order valence-corrected chi connectivity index (χ4v) is 1.59. The molecule has 1 heterocycles. The third kappa shape index (κ3) is 2.20. The number of benzene rings is 1. The molecule has 0 aliphatic heterocycles. The molecule has 0 spiro atoms. The van der Waals surface area contributed by atoms with E-state index in [0.717, 1.165) is 0 Å². The molecular formula is C8H3BrClN3O3. The van der Waals surface area contributed by atoms with Gasteiger partial charge in [-0.05, 0) is 6.07 Å². The lowest BCUT2D eigenvalue weighted by atomic mass is 10.2. The Bertz CT molecular complexity index is 557.